The molecule has 8 nitrogen and oxygen atoms in total. The van der Waals surface area contributed by atoms with Gasteiger partial charge in [0.2, 0.25) is 0 Å². The Morgan fingerprint density at radius 3 is 2.76 bits per heavy atom. The molecule has 0 aliphatic heterocycles. The van der Waals surface area contributed by atoms with Gasteiger partial charge in [0.15, 0.2) is 5.65 Å². The first-order valence-corrected chi connectivity index (χ1v) is 6.46. The molecule has 0 bridgehead atoms. The number of fused-ring (bicyclic) bond motifs is 1. The van der Waals surface area contributed by atoms with Crippen LogP contribution in [0.3, 0.4) is 0 Å². The SMILES string of the molecule is CCC(CO)OC(C)n1cnc2c([N-]C)nc(N)nc21.[Rb+]. The molecule has 2 unspecified atom stereocenters. The molecule has 9 heteroatoms. The molecule has 0 saturated carbocycles. The number of nitrogen functional groups attached to an aromatic ring is 1. The Morgan fingerprint density at radius 1 is 1.48 bits per heavy atom. The zero-order valence-electron chi connectivity index (χ0n) is 12.8. The fourth-order valence-corrected chi connectivity index (χ4v) is 1.95. The first-order chi connectivity index (χ1) is 9.60. The van der Waals surface area contributed by atoms with E-state index >= 15 is 0 Å². The number of nitrogens with zero attached hydrogens (tertiary/aromatic N) is 5. The van der Waals surface area contributed by atoms with Gasteiger partial charge in [-0.15, -0.1) is 0 Å². The van der Waals surface area contributed by atoms with Crippen LogP contribution < -0.4 is 63.9 Å². The van der Waals surface area contributed by atoms with Gasteiger partial charge in [0.1, 0.15) is 17.7 Å². The summed E-state index contributed by atoms with van der Waals surface area (Å²) in [5.41, 5.74) is 6.82. The minimum absolute atomic E-state index is 0. The van der Waals surface area contributed by atoms with Crippen LogP contribution in [0.2, 0.25) is 0 Å². The maximum atomic E-state index is 9.20. The van der Waals surface area contributed by atoms with Crippen molar-refractivity contribution in [2.75, 3.05) is 19.4 Å². The van der Waals surface area contributed by atoms with Crippen molar-refractivity contribution in [2.45, 2.75) is 32.6 Å². The molecule has 110 valence electrons. The Hall–Kier alpha value is -0.125. The zero-order valence-corrected chi connectivity index (χ0v) is 17.7. The van der Waals surface area contributed by atoms with Crippen molar-refractivity contribution < 1.29 is 68.0 Å². The summed E-state index contributed by atoms with van der Waals surface area (Å²) in [5.74, 6) is 0.592. The van der Waals surface area contributed by atoms with Gasteiger partial charge in [-0.05, 0) is 19.2 Å². The summed E-state index contributed by atoms with van der Waals surface area (Å²) >= 11 is 0. The number of aliphatic hydroxyl groups excluding tert-OH is 1. The summed E-state index contributed by atoms with van der Waals surface area (Å²) in [6.45, 7) is 3.79. The van der Waals surface area contributed by atoms with Gasteiger partial charge < -0.3 is 25.9 Å². The van der Waals surface area contributed by atoms with E-state index in [9.17, 15) is 5.11 Å². The number of hydrogen-bond acceptors (Lipinski definition) is 6. The number of aliphatic hydroxyl groups is 1. The summed E-state index contributed by atoms with van der Waals surface area (Å²) in [7, 11) is 1.62. The van der Waals surface area contributed by atoms with Crippen LogP contribution in [-0.4, -0.2) is 44.4 Å². The molecule has 0 aliphatic carbocycles. The maximum absolute atomic E-state index is 9.20. The standard InChI is InChI=1S/C12H19N6O2.Rb/c1-4-8(5-19)20-7(2)18-6-15-9-10(14-3)16-12(13)17-11(9)18;/h6-8,19H,4-5H2,1-3H3,(H2-,13,14,16,17);/q-1;+1. The molecule has 0 radical (unpaired) electrons. The van der Waals surface area contributed by atoms with Gasteiger partial charge in [-0.3, -0.25) is 4.57 Å². The maximum Gasteiger partial charge on any atom is 1.00 e. The molecule has 21 heavy (non-hydrogen) atoms. The van der Waals surface area contributed by atoms with Gasteiger partial charge in [0.05, 0.1) is 19.0 Å². The van der Waals surface area contributed by atoms with E-state index in [-0.39, 0.29) is 83.1 Å². The predicted octanol–water partition coefficient (Wildman–Crippen LogP) is -1.65. The zero-order chi connectivity index (χ0) is 14.7. The minimum Gasteiger partial charge on any atom is -0.467 e. The second kappa shape index (κ2) is 8.49. The van der Waals surface area contributed by atoms with Crippen molar-refractivity contribution in [1.29, 1.82) is 0 Å². The summed E-state index contributed by atoms with van der Waals surface area (Å²) in [6, 6.07) is 0. The van der Waals surface area contributed by atoms with Crippen LogP contribution in [0.25, 0.3) is 16.5 Å². The van der Waals surface area contributed by atoms with E-state index in [1.807, 2.05) is 13.8 Å². The molecule has 2 aromatic heterocycles. The number of hydrogen-bond donors (Lipinski definition) is 2. The van der Waals surface area contributed by atoms with Gasteiger partial charge in [0.25, 0.3) is 0 Å². The molecular formula is C12H19N6O2Rb. The average Bonchev–Trinajstić information content (AvgIpc) is 2.87. The molecule has 3 N–H and O–H groups in total. The normalized spacial score (nSPS) is 13.7. The quantitative estimate of drug-likeness (QED) is 0.635. The Morgan fingerprint density at radius 2 is 2.19 bits per heavy atom. The van der Waals surface area contributed by atoms with E-state index in [1.165, 1.54) is 0 Å². The van der Waals surface area contributed by atoms with E-state index in [1.54, 1.807) is 17.9 Å². The van der Waals surface area contributed by atoms with Crippen molar-refractivity contribution in [3.8, 4) is 0 Å². The molecule has 0 amide bonds. The molecule has 0 aliphatic rings. The molecular weight excluding hydrogens is 346 g/mol. The van der Waals surface area contributed by atoms with Gasteiger partial charge >= 0.3 is 58.2 Å². The van der Waals surface area contributed by atoms with Crippen LogP contribution in [0.5, 0.6) is 0 Å². The number of rotatable bonds is 6. The van der Waals surface area contributed by atoms with Gasteiger partial charge in [-0.25, -0.2) is 9.97 Å². The van der Waals surface area contributed by atoms with Crippen LogP contribution in [0.1, 0.15) is 26.5 Å². The van der Waals surface area contributed by atoms with Crippen LogP contribution >= 0.6 is 0 Å². The summed E-state index contributed by atoms with van der Waals surface area (Å²) < 4.78 is 7.51. The predicted molar refractivity (Wildman–Crippen MR) is 75.6 cm³/mol. The number of imidazole rings is 1. The first kappa shape index (κ1) is 18.9. The van der Waals surface area contributed by atoms with Crippen LogP contribution in [0.4, 0.5) is 11.8 Å². The monoisotopic (exact) mass is 364 g/mol. The van der Waals surface area contributed by atoms with Crippen molar-refractivity contribution in [3.05, 3.63) is 11.6 Å². The summed E-state index contributed by atoms with van der Waals surface area (Å²) in [4.78, 5) is 12.5. The van der Waals surface area contributed by atoms with Crippen LogP contribution in [-0.2, 0) is 4.74 Å². The fourth-order valence-electron chi connectivity index (χ4n) is 1.95. The largest absolute Gasteiger partial charge is 1.00 e. The van der Waals surface area contributed by atoms with E-state index < -0.39 is 0 Å². The van der Waals surface area contributed by atoms with Gasteiger partial charge in [-0.1, -0.05) is 14.0 Å². The second-order valence-corrected chi connectivity index (χ2v) is 4.40. The van der Waals surface area contributed by atoms with Crippen molar-refractivity contribution >= 4 is 22.9 Å². The second-order valence-electron chi connectivity index (χ2n) is 4.40. The van der Waals surface area contributed by atoms with Gasteiger partial charge in [0, 0.05) is 0 Å². The van der Waals surface area contributed by atoms with Crippen molar-refractivity contribution in [1.82, 2.24) is 19.5 Å². The third kappa shape index (κ3) is 4.20. The Balaban J connectivity index is 0.00000220. The first-order valence-electron chi connectivity index (χ1n) is 6.46. The topological polar surface area (TPSA) is 113 Å². The van der Waals surface area contributed by atoms with E-state index in [2.05, 4.69) is 20.3 Å². The molecule has 2 aromatic rings. The molecule has 0 saturated heterocycles. The van der Waals surface area contributed by atoms with Crippen molar-refractivity contribution in [3.63, 3.8) is 0 Å². The Labute approximate surface area is 172 Å². The number of anilines is 1. The van der Waals surface area contributed by atoms with Crippen LogP contribution in [0.15, 0.2) is 6.33 Å². The molecule has 0 aromatic carbocycles. The van der Waals surface area contributed by atoms with E-state index in [4.69, 9.17) is 10.5 Å². The Kier molecular flexibility index (Phi) is 7.65. The number of ether oxygens (including phenoxy) is 1. The summed E-state index contributed by atoms with van der Waals surface area (Å²) in [5, 5.41) is 13.2. The smallest absolute Gasteiger partial charge is 0.467 e. The van der Waals surface area contributed by atoms with E-state index in [0.717, 1.165) is 6.42 Å². The fraction of sp³-hybridized carbons (Fsp3) is 0.583. The Bertz CT molecular complexity index is 586. The number of nitrogens with two attached hydrogens (primary N) is 1. The van der Waals surface area contributed by atoms with Gasteiger partial charge in [-0.2, -0.15) is 0 Å². The van der Waals surface area contributed by atoms with Crippen LogP contribution in [0, 0.1) is 0 Å². The van der Waals surface area contributed by atoms with E-state index in [0.29, 0.717) is 17.0 Å². The minimum atomic E-state index is -0.323. The molecule has 0 spiro atoms. The molecule has 2 heterocycles. The third-order valence-corrected chi connectivity index (χ3v) is 3.07. The number of aromatic nitrogens is 4. The third-order valence-electron chi connectivity index (χ3n) is 3.07. The molecule has 0 fully saturated rings. The molecule has 2 rings (SSSR count). The molecule has 2 atom stereocenters. The van der Waals surface area contributed by atoms with Crippen molar-refractivity contribution in [2.24, 2.45) is 0 Å². The average molecular weight is 365 g/mol. The summed E-state index contributed by atoms with van der Waals surface area (Å²) in [6.07, 6.45) is 1.79.